The van der Waals surface area contributed by atoms with Gasteiger partial charge < -0.3 is 20.3 Å². The van der Waals surface area contributed by atoms with Crippen LogP contribution in [0.2, 0.25) is 0 Å². The van der Waals surface area contributed by atoms with Gasteiger partial charge in [-0.15, -0.1) is 0 Å². The molecule has 0 aromatic heterocycles. The fourth-order valence-electron chi connectivity index (χ4n) is 4.53. The van der Waals surface area contributed by atoms with Gasteiger partial charge in [0.05, 0.1) is 0 Å². The SMILES string of the molecule is CCCCCNC(=O)C(c1cccc(C)c1C)N(C(=O)C(Cc1ccccc1)NC(=O)OC(C)(C)C)C(C)C. The summed E-state index contributed by atoms with van der Waals surface area (Å²) in [7, 11) is 0. The van der Waals surface area contributed by atoms with E-state index in [1.54, 1.807) is 25.7 Å². The highest BCUT2D eigenvalue weighted by Crippen LogP contribution is 2.29. The minimum absolute atomic E-state index is 0.224. The van der Waals surface area contributed by atoms with Crippen LogP contribution in [-0.2, 0) is 20.7 Å². The number of alkyl carbamates (subject to hydrolysis) is 1. The molecular formula is C32H47N3O4. The number of ether oxygens (including phenoxy) is 1. The van der Waals surface area contributed by atoms with Gasteiger partial charge in [0.25, 0.3) is 0 Å². The van der Waals surface area contributed by atoms with Crippen LogP contribution in [0.15, 0.2) is 48.5 Å². The van der Waals surface area contributed by atoms with E-state index in [0.717, 1.165) is 41.5 Å². The first-order chi connectivity index (χ1) is 18.4. The molecule has 2 rings (SSSR count). The number of aryl methyl sites for hydroxylation is 1. The third-order valence-electron chi connectivity index (χ3n) is 6.63. The molecule has 7 nitrogen and oxygen atoms in total. The van der Waals surface area contributed by atoms with E-state index in [9.17, 15) is 14.4 Å². The molecule has 2 aromatic carbocycles. The lowest BCUT2D eigenvalue weighted by molar-refractivity contribution is -0.144. The topological polar surface area (TPSA) is 87.7 Å². The van der Waals surface area contributed by atoms with Crippen molar-refractivity contribution in [3.8, 4) is 0 Å². The Bertz CT molecular complexity index is 1090. The Morgan fingerprint density at radius 3 is 2.21 bits per heavy atom. The summed E-state index contributed by atoms with van der Waals surface area (Å²) in [5.74, 6) is -0.563. The standard InChI is InChI=1S/C32H47N3O4/c1-9-10-14-20-33-29(36)28(26-19-15-16-23(4)24(26)5)35(22(2)3)30(37)27(21-25-17-12-11-13-18-25)34-31(38)39-32(6,7)8/h11-13,15-19,22,27-28H,9-10,14,20-21H2,1-8H3,(H,33,36)(H,34,38). The van der Waals surface area contributed by atoms with Gasteiger partial charge >= 0.3 is 6.09 Å². The predicted molar refractivity (Wildman–Crippen MR) is 156 cm³/mol. The van der Waals surface area contributed by atoms with Crippen molar-refractivity contribution in [1.29, 1.82) is 0 Å². The number of carbonyl (C=O) groups excluding carboxylic acids is 3. The largest absolute Gasteiger partial charge is 0.444 e. The molecule has 2 aromatic rings. The zero-order valence-corrected chi connectivity index (χ0v) is 25.0. The smallest absolute Gasteiger partial charge is 0.408 e. The van der Waals surface area contributed by atoms with E-state index in [0.29, 0.717) is 6.54 Å². The molecule has 0 saturated carbocycles. The van der Waals surface area contributed by atoms with Crippen LogP contribution >= 0.6 is 0 Å². The molecule has 0 aliphatic rings. The van der Waals surface area contributed by atoms with Crippen LogP contribution in [-0.4, -0.2) is 47.0 Å². The fourth-order valence-corrected chi connectivity index (χ4v) is 4.53. The number of carbonyl (C=O) groups is 3. The maximum absolute atomic E-state index is 14.4. The van der Waals surface area contributed by atoms with Crippen LogP contribution in [0.1, 0.15) is 89.1 Å². The average molecular weight is 538 g/mol. The zero-order chi connectivity index (χ0) is 29.2. The summed E-state index contributed by atoms with van der Waals surface area (Å²) in [5.41, 5.74) is 2.95. The third-order valence-corrected chi connectivity index (χ3v) is 6.63. The zero-order valence-electron chi connectivity index (χ0n) is 25.0. The molecule has 0 spiro atoms. The number of amides is 3. The number of benzene rings is 2. The number of rotatable bonds is 12. The van der Waals surface area contributed by atoms with Gasteiger partial charge in [0.15, 0.2) is 0 Å². The Balaban J connectivity index is 2.53. The Kier molecular flexibility index (Phi) is 12.0. The highest BCUT2D eigenvalue weighted by Gasteiger charge is 2.38. The lowest BCUT2D eigenvalue weighted by Crippen LogP contribution is -2.55. The average Bonchev–Trinajstić information content (AvgIpc) is 2.85. The van der Waals surface area contributed by atoms with Crippen molar-refractivity contribution in [1.82, 2.24) is 15.5 Å². The van der Waals surface area contributed by atoms with Crippen molar-refractivity contribution >= 4 is 17.9 Å². The number of nitrogens with zero attached hydrogens (tertiary/aromatic N) is 1. The predicted octanol–water partition coefficient (Wildman–Crippen LogP) is 6.02. The molecule has 0 radical (unpaired) electrons. The molecule has 214 valence electrons. The highest BCUT2D eigenvalue weighted by atomic mass is 16.6. The minimum Gasteiger partial charge on any atom is -0.444 e. The second-order valence-electron chi connectivity index (χ2n) is 11.4. The van der Waals surface area contributed by atoms with Crippen LogP contribution in [0.3, 0.4) is 0 Å². The van der Waals surface area contributed by atoms with Crippen molar-refractivity contribution in [3.05, 3.63) is 70.8 Å². The number of hydrogen-bond acceptors (Lipinski definition) is 4. The van der Waals surface area contributed by atoms with Crippen molar-refractivity contribution in [2.75, 3.05) is 6.54 Å². The lowest BCUT2D eigenvalue weighted by Gasteiger charge is -2.38. The molecule has 0 saturated heterocycles. The molecule has 2 unspecified atom stereocenters. The van der Waals surface area contributed by atoms with Gasteiger partial charge in [-0.1, -0.05) is 68.3 Å². The molecule has 2 N–H and O–H groups in total. The summed E-state index contributed by atoms with van der Waals surface area (Å²) in [6.07, 6.45) is 2.52. The van der Waals surface area contributed by atoms with Gasteiger partial charge in [0, 0.05) is 19.0 Å². The van der Waals surface area contributed by atoms with E-state index in [1.165, 1.54) is 0 Å². The summed E-state index contributed by atoms with van der Waals surface area (Å²) < 4.78 is 5.50. The minimum atomic E-state index is -0.926. The van der Waals surface area contributed by atoms with Crippen molar-refractivity contribution in [3.63, 3.8) is 0 Å². The van der Waals surface area contributed by atoms with Gasteiger partial charge in [-0.2, -0.15) is 0 Å². The summed E-state index contributed by atoms with van der Waals surface area (Å²) in [4.78, 5) is 42.6. The second kappa shape index (κ2) is 14.7. The van der Waals surface area contributed by atoms with Gasteiger partial charge in [0.1, 0.15) is 17.7 Å². The number of hydrogen-bond donors (Lipinski definition) is 2. The first kappa shape index (κ1) is 31.9. The Hall–Kier alpha value is -3.35. The van der Waals surface area contributed by atoms with Crippen molar-refractivity contribution in [2.24, 2.45) is 0 Å². The molecule has 0 aliphatic heterocycles. The van der Waals surface area contributed by atoms with Crippen LogP contribution < -0.4 is 10.6 Å². The molecule has 0 bridgehead atoms. The maximum atomic E-state index is 14.4. The van der Waals surface area contributed by atoms with Crippen LogP contribution in [0.4, 0.5) is 4.79 Å². The second-order valence-corrected chi connectivity index (χ2v) is 11.4. The molecular weight excluding hydrogens is 490 g/mol. The van der Waals surface area contributed by atoms with E-state index in [2.05, 4.69) is 17.6 Å². The maximum Gasteiger partial charge on any atom is 0.408 e. The first-order valence-electron chi connectivity index (χ1n) is 14.0. The van der Waals surface area contributed by atoms with E-state index < -0.39 is 23.8 Å². The van der Waals surface area contributed by atoms with E-state index in [1.807, 2.05) is 76.2 Å². The lowest BCUT2D eigenvalue weighted by atomic mass is 9.93. The molecule has 39 heavy (non-hydrogen) atoms. The summed E-state index contributed by atoms with van der Waals surface area (Å²) in [5, 5.41) is 5.87. The van der Waals surface area contributed by atoms with Crippen molar-refractivity contribution < 1.29 is 19.1 Å². The number of unbranched alkanes of at least 4 members (excludes halogenated alkanes) is 2. The van der Waals surface area contributed by atoms with Crippen LogP contribution in [0.5, 0.6) is 0 Å². The summed E-state index contributed by atoms with van der Waals surface area (Å²) in [6, 6.07) is 13.3. The van der Waals surface area contributed by atoms with E-state index in [4.69, 9.17) is 4.74 Å². The molecule has 2 atom stereocenters. The highest BCUT2D eigenvalue weighted by molar-refractivity contribution is 5.92. The van der Waals surface area contributed by atoms with Gasteiger partial charge in [-0.05, 0) is 77.1 Å². The van der Waals surface area contributed by atoms with Gasteiger partial charge in [0.2, 0.25) is 11.8 Å². The first-order valence-corrected chi connectivity index (χ1v) is 14.0. The Morgan fingerprint density at radius 2 is 1.62 bits per heavy atom. The fraction of sp³-hybridized carbons (Fsp3) is 0.531. The summed E-state index contributed by atoms with van der Waals surface area (Å²) in [6.45, 7) is 15.8. The van der Waals surface area contributed by atoms with Crippen LogP contribution in [0.25, 0.3) is 0 Å². The van der Waals surface area contributed by atoms with Crippen LogP contribution in [0, 0.1) is 13.8 Å². The molecule has 0 aliphatic carbocycles. The van der Waals surface area contributed by atoms with Gasteiger partial charge in [-0.3, -0.25) is 9.59 Å². The monoisotopic (exact) mass is 537 g/mol. The Labute approximate surface area is 234 Å². The molecule has 0 heterocycles. The normalized spacial score (nSPS) is 12.9. The molecule has 0 fully saturated rings. The number of nitrogens with one attached hydrogen (secondary N) is 2. The molecule has 7 heteroatoms. The van der Waals surface area contributed by atoms with E-state index >= 15 is 0 Å². The quantitative estimate of drug-likeness (QED) is 0.324. The Morgan fingerprint density at radius 1 is 0.949 bits per heavy atom. The van der Waals surface area contributed by atoms with E-state index in [-0.39, 0.29) is 24.3 Å². The van der Waals surface area contributed by atoms with Crippen molar-refractivity contribution in [2.45, 2.75) is 105 Å². The van der Waals surface area contributed by atoms with Gasteiger partial charge in [-0.25, -0.2) is 4.79 Å². The third kappa shape index (κ3) is 9.72. The summed E-state index contributed by atoms with van der Waals surface area (Å²) >= 11 is 0. The molecule has 3 amide bonds.